The van der Waals surface area contributed by atoms with Gasteiger partial charge >= 0.3 is 0 Å². The van der Waals surface area contributed by atoms with E-state index in [2.05, 4.69) is 68.7 Å². The number of benzene rings is 3. The molecular weight excluding hydrogens is 464 g/mol. The van der Waals surface area contributed by atoms with Crippen molar-refractivity contribution in [3.63, 3.8) is 0 Å². The molecule has 0 aliphatic rings. The molecule has 0 saturated heterocycles. The smallest absolute Gasteiger partial charge is 0.252 e. The zero-order valence-corrected chi connectivity index (χ0v) is 21.1. The lowest BCUT2D eigenvalue weighted by atomic mass is 10.1. The average molecular weight is 495 g/mol. The van der Waals surface area contributed by atoms with E-state index in [0.717, 1.165) is 34.5 Å². The van der Waals surface area contributed by atoms with Gasteiger partial charge in [0.1, 0.15) is 5.75 Å². The molecule has 0 fully saturated rings. The van der Waals surface area contributed by atoms with Crippen LogP contribution in [0.1, 0.15) is 28.1 Å². The molecule has 0 amide bonds. The maximum Gasteiger partial charge on any atom is 0.252 e. The van der Waals surface area contributed by atoms with Crippen molar-refractivity contribution < 1.29 is 4.74 Å². The van der Waals surface area contributed by atoms with Gasteiger partial charge in [0, 0.05) is 36.1 Å². The number of H-pyrrole nitrogens is 1. The van der Waals surface area contributed by atoms with Gasteiger partial charge in [-0.25, -0.2) is 4.68 Å². The molecule has 1 N–H and O–H groups in total. The molecule has 8 nitrogen and oxygen atoms in total. The number of tetrazole rings is 1. The second-order valence-electron chi connectivity index (χ2n) is 9.26. The molecule has 0 spiro atoms. The van der Waals surface area contributed by atoms with Crippen molar-refractivity contribution in [3.05, 3.63) is 117 Å². The van der Waals surface area contributed by atoms with Crippen LogP contribution in [0.25, 0.3) is 10.9 Å². The van der Waals surface area contributed by atoms with Crippen molar-refractivity contribution in [1.82, 2.24) is 30.1 Å². The number of aromatic amines is 1. The number of hydrogen-bond acceptors (Lipinski definition) is 6. The summed E-state index contributed by atoms with van der Waals surface area (Å²) in [7, 11) is 1.64. The van der Waals surface area contributed by atoms with Crippen LogP contribution in [-0.2, 0) is 32.6 Å². The van der Waals surface area contributed by atoms with Gasteiger partial charge in [0.2, 0.25) is 0 Å². The zero-order valence-electron chi connectivity index (χ0n) is 21.1. The Balaban J connectivity index is 1.41. The van der Waals surface area contributed by atoms with Crippen molar-refractivity contribution >= 4 is 10.9 Å². The Hall–Kier alpha value is -4.30. The molecule has 0 saturated carbocycles. The minimum atomic E-state index is -0.102. The van der Waals surface area contributed by atoms with Crippen LogP contribution >= 0.6 is 0 Å². The second-order valence-corrected chi connectivity index (χ2v) is 9.26. The van der Waals surface area contributed by atoms with Crippen LogP contribution in [0, 0.1) is 6.92 Å². The number of aryl methyl sites for hydroxylation is 3. The maximum absolute atomic E-state index is 13.0. The summed E-state index contributed by atoms with van der Waals surface area (Å²) in [4.78, 5) is 18.2. The normalized spacial score (nSPS) is 11.3. The summed E-state index contributed by atoms with van der Waals surface area (Å²) in [6.45, 7) is 4.36. The van der Waals surface area contributed by atoms with E-state index < -0.39 is 0 Å². The molecule has 2 heterocycles. The fourth-order valence-corrected chi connectivity index (χ4v) is 4.42. The van der Waals surface area contributed by atoms with E-state index in [4.69, 9.17) is 4.74 Å². The minimum Gasteiger partial charge on any atom is -0.497 e. The van der Waals surface area contributed by atoms with Crippen LogP contribution in [0.15, 0.2) is 83.7 Å². The number of rotatable bonds is 10. The molecule has 8 heteroatoms. The van der Waals surface area contributed by atoms with E-state index >= 15 is 0 Å². The van der Waals surface area contributed by atoms with Gasteiger partial charge < -0.3 is 9.72 Å². The monoisotopic (exact) mass is 494 g/mol. The number of aromatic nitrogens is 5. The molecular formula is C29H30N6O2. The predicted molar refractivity (Wildman–Crippen MR) is 143 cm³/mol. The van der Waals surface area contributed by atoms with Crippen LogP contribution < -0.4 is 10.3 Å². The van der Waals surface area contributed by atoms with Crippen molar-refractivity contribution in [2.24, 2.45) is 0 Å². The minimum absolute atomic E-state index is 0.102. The van der Waals surface area contributed by atoms with Crippen molar-refractivity contribution in [2.75, 3.05) is 7.11 Å². The first kappa shape index (κ1) is 24.4. The first-order valence-electron chi connectivity index (χ1n) is 12.3. The Morgan fingerprint density at radius 1 is 0.919 bits per heavy atom. The van der Waals surface area contributed by atoms with E-state index in [9.17, 15) is 4.79 Å². The van der Waals surface area contributed by atoms with Gasteiger partial charge in [0.05, 0.1) is 13.7 Å². The van der Waals surface area contributed by atoms with Gasteiger partial charge in [0.25, 0.3) is 5.56 Å². The summed E-state index contributed by atoms with van der Waals surface area (Å²) in [5, 5.41) is 13.4. The topological polar surface area (TPSA) is 88.9 Å². The summed E-state index contributed by atoms with van der Waals surface area (Å²) in [5.41, 5.74) is 4.96. The number of nitrogens with zero attached hydrogens (tertiary/aromatic N) is 5. The van der Waals surface area contributed by atoms with Gasteiger partial charge in [0.15, 0.2) is 5.82 Å². The fraction of sp³-hybridized carbons (Fsp3) is 0.241. The fourth-order valence-electron chi connectivity index (χ4n) is 4.42. The third-order valence-corrected chi connectivity index (χ3v) is 6.48. The Bertz CT molecular complexity index is 1530. The lowest BCUT2D eigenvalue weighted by Gasteiger charge is -2.22. The van der Waals surface area contributed by atoms with Gasteiger partial charge in [-0.2, -0.15) is 0 Å². The van der Waals surface area contributed by atoms with E-state index in [1.54, 1.807) is 7.11 Å². The van der Waals surface area contributed by atoms with Gasteiger partial charge in [-0.15, -0.1) is 5.10 Å². The SMILES string of the molecule is COc1ccc2[nH]c(=O)c(CN(Cc3ccc(C)cc3)Cc3nnnn3CCc3ccccc3)cc2c1. The van der Waals surface area contributed by atoms with Crippen molar-refractivity contribution in [3.8, 4) is 5.75 Å². The summed E-state index contributed by atoms with van der Waals surface area (Å²) < 4.78 is 7.22. The predicted octanol–water partition coefficient (Wildman–Crippen LogP) is 4.28. The number of nitrogens with one attached hydrogen (secondary N) is 1. The van der Waals surface area contributed by atoms with Crippen molar-refractivity contribution in [1.29, 1.82) is 0 Å². The summed E-state index contributed by atoms with van der Waals surface area (Å²) in [5.74, 6) is 1.52. The van der Waals surface area contributed by atoms with Crippen LogP contribution in [0.4, 0.5) is 0 Å². The Morgan fingerprint density at radius 3 is 2.51 bits per heavy atom. The van der Waals surface area contributed by atoms with Crippen molar-refractivity contribution in [2.45, 2.75) is 39.5 Å². The largest absolute Gasteiger partial charge is 0.497 e. The molecule has 2 aromatic heterocycles. The van der Waals surface area contributed by atoms with Crippen LogP contribution in [0.3, 0.4) is 0 Å². The van der Waals surface area contributed by atoms with Gasteiger partial charge in [-0.3, -0.25) is 9.69 Å². The van der Waals surface area contributed by atoms with Crippen LogP contribution in [-0.4, -0.2) is 37.2 Å². The molecule has 0 radical (unpaired) electrons. The number of pyridine rings is 1. The highest BCUT2D eigenvalue weighted by atomic mass is 16.5. The first-order chi connectivity index (χ1) is 18.1. The molecule has 37 heavy (non-hydrogen) atoms. The van der Waals surface area contributed by atoms with Gasteiger partial charge in [-0.1, -0.05) is 60.2 Å². The number of hydrogen-bond donors (Lipinski definition) is 1. The molecule has 0 atom stereocenters. The highest BCUT2D eigenvalue weighted by molar-refractivity contribution is 5.80. The molecule has 0 aliphatic heterocycles. The summed E-state index contributed by atoms with van der Waals surface area (Å²) in [6.07, 6.45) is 0.836. The highest BCUT2D eigenvalue weighted by Crippen LogP contribution is 2.20. The molecule has 188 valence electrons. The Kier molecular flexibility index (Phi) is 7.37. The average Bonchev–Trinajstić information content (AvgIpc) is 3.36. The van der Waals surface area contributed by atoms with E-state index in [-0.39, 0.29) is 5.56 Å². The molecule has 3 aromatic carbocycles. The van der Waals surface area contributed by atoms with Crippen LogP contribution in [0.2, 0.25) is 0 Å². The Labute approximate surface area is 215 Å². The third-order valence-electron chi connectivity index (χ3n) is 6.48. The molecule has 5 rings (SSSR count). The molecule has 0 aliphatic carbocycles. The zero-order chi connectivity index (χ0) is 25.6. The maximum atomic E-state index is 13.0. The molecule has 0 unspecified atom stereocenters. The van der Waals surface area contributed by atoms with E-state index in [1.807, 2.05) is 47.1 Å². The molecule has 0 bridgehead atoms. The first-order valence-corrected chi connectivity index (χ1v) is 12.3. The summed E-state index contributed by atoms with van der Waals surface area (Å²) in [6, 6.07) is 26.3. The molecule has 5 aromatic rings. The third kappa shape index (κ3) is 6.10. The Morgan fingerprint density at radius 2 is 1.73 bits per heavy atom. The summed E-state index contributed by atoms with van der Waals surface area (Å²) >= 11 is 0. The highest BCUT2D eigenvalue weighted by Gasteiger charge is 2.16. The van der Waals surface area contributed by atoms with E-state index in [0.29, 0.717) is 31.7 Å². The second kappa shape index (κ2) is 11.2. The standard InChI is InChI=1S/C29H30N6O2/c1-21-8-10-23(11-9-21)18-34(19-25-16-24-17-26(37-2)12-13-27(24)30-29(25)36)20-28-31-32-33-35(28)15-14-22-6-4-3-5-7-22/h3-13,16-17H,14-15,18-20H2,1-2H3,(H,30,36). The number of methoxy groups -OCH3 is 1. The lowest BCUT2D eigenvalue weighted by Crippen LogP contribution is -2.28. The van der Waals surface area contributed by atoms with E-state index in [1.165, 1.54) is 11.1 Å². The quantitative estimate of drug-likeness (QED) is 0.312. The lowest BCUT2D eigenvalue weighted by molar-refractivity contribution is 0.235. The van der Waals surface area contributed by atoms with Gasteiger partial charge in [-0.05, 0) is 59.2 Å². The van der Waals surface area contributed by atoms with Crippen LogP contribution in [0.5, 0.6) is 5.75 Å². The number of ether oxygens (including phenoxy) is 1. The number of fused-ring (bicyclic) bond motifs is 1.